The summed E-state index contributed by atoms with van der Waals surface area (Å²) in [5.74, 6) is -1.12. The molecule has 0 radical (unpaired) electrons. The van der Waals surface area contributed by atoms with Gasteiger partial charge in [-0.2, -0.15) is 0 Å². The smallest absolute Gasteiger partial charge is 0.320 e. The molecule has 2 aromatic rings. The predicted molar refractivity (Wildman–Crippen MR) is 84.6 cm³/mol. The molecule has 1 aliphatic heterocycles. The fourth-order valence-corrected chi connectivity index (χ4v) is 3.30. The Hall–Kier alpha value is -2.27. The van der Waals surface area contributed by atoms with Gasteiger partial charge in [-0.3, -0.25) is 14.7 Å². The van der Waals surface area contributed by atoms with Gasteiger partial charge in [0, 0.05) is 12.7 Å². The molecule has 2 atom stereocenters. The molecule has 0 amide bonds. The largest absolute Gasteiger partial charge is 0.480 e. The van der Waals surface area contributed by atoms with E-state index in [1.165, 1.54) is 12.1 Å². The predicted octanol–water partition coefficient (Wildman–Crippen LogP) is 3.17. The van der Waals surface area contributed by atoms with Crippen molar-refractivity contribution >= 4 is 5.97 Å². The maximum atomic E-state index is 13.3. The van der Waals surface area contributed by atoms with E-state index in [1.54, 1.807) is 18.3 Å². The first-order chi connectivity index (χ1) is 11.1. The van der Waals surface area contributed by atoms with Crippen LogP contribution in [0.5, 0.6) is 0 Å². The molecule has 3 rings (SSSR count). The zero-order chi connectivity index (χ0) is 16.4. The molecular formula is C18H19FN2O2. The lowest BCUT2D eigenvalue weighted by Crippen LogP contribution is -2.39. The maximum absolute atomic E-state index is 13.3. The first kappa shape index (κ1) is 15.6. The molecule has 1 aliphatic rings. The third-order valence-electron chi connectivity index (χ3n) is 4.41. The fourth-order valence-electron chi connectivity index (χ4n) is 3.30. The van der Waals surface area contributed by atoms with Gasteiger partial charge in [-0.1, -0.05) is 18.2 Å². The van der Waals surface area contributed by atoms with E-state index in [-0.39, 0.29) is 11.9 Å². The van der Waals surface area contributed by atoms with Crippen molar-refractivity contribution in [3.8, 4) is 0 Å². The number of halogens is 1. The van der Waals surface area contributed by atoms with Gasteiger partial charge in [-0.15, -0.1) is 0 Å². The van der Waals surface area contributed by atoms with E-state index in [4.69, 9.17) is 0 Å². The van der Waals surface area contributed by atoms with E-state index in [2.05, 4.69) is 4.98 Å². The number of aromatic nitrogens is 1. The molecule has 1 saturated heterocycles. The minimum Gasteiger partial charge on any atom is -0.480 e. The Labute approximate surface area is 134 Å². The summed E-state index contributed by atoms with van der Waals surface area (Å²) in [4.78, 5) is 18.0. The molecule has 2 heterocycles. The van der Waals surface area contributed by atoms with Gasteiger partial charge < -0.3 is 5.11 Å². The van der Waals surface area contributed by atoms with Crippen LogP contribution in [0.3, 0.4) is 0 Å². The highest BCUT2D eigenvalue weighted by molar-refractivity contribution is 5.74. The van der Waals surface area contributed by atoms with E-state index in [0.29, 0.717) is 13.0 Å². The van der Waals surface area contributed by atoms with E-state index >= 15 is 0 Å². The summed E-state index contributed by atoms with van der Waals surface area (Å²) in [5, 5.41) is 9.52. The highest BCUT2D eigenvalue weighted by Gasteiger charge is 2.37. The number of carbonyl (C=O) groups is 1. The van der Waals surface area contributed by atoms with Crippen molar-refractivity contribution < 1.29 is 14.3 Å². The van der Waals surface area contributed by atoms with E-state index in [9.17, 15) is 14.3 Å². The van der Waals surface area contributed by atoms with Crippen LogP contribution < -0.4 is 0 Å². The standard InChI is InChI=1S/C18H19FN2O2/c1-12-4-2-10-20-16(12)17(13-6-8-14(19)9-7-13)21-11-3-5-15(21)18(22)23/h2,4,6-10,15,17H,3,5,11H2,1H3,(H,22,23). The van der Waals surface area contributed by atoms with Crippen LogP contribution in [0.1, 0.15) is 35.7 Å². The molecule has 1 aromatic heterocycles. The van der Waals surface area contributed by atoms with Crippen molar-refractivity contribution in [3.05, 3.63) is 65.2 Å². The number of nitrogens with zero attached hydrogens (tertiary/aromatic N) is 2. The van der Waals surface area contributed by atoms with E-state index < -0.39 is 12.0 Å². The summed E-state index contributed by atoms with van der Waals surface area (Å²) >= 11 is 0. The molecule has 0 spiro atoms. The number of aliphatic carboxylic acids is 1. The molecule has 4 nitrogen and oxygen atoms in total. The Morgan fingerprint density at radius 1 is 1.35 bits per heavy atom. The second-order valence-corrected chi connectivity index (χ2v) is 5.89. The SMILES string of the molecule is Cc1cccnc1C(c1ccc(F)cc1)N1CCCC1C(=O)O. The number of rotatable bonds is 4. The molecule has 5 heteroatoms. The van der Waals surface area contributed by atoms with E-state index in [1.807, 2.05) is 24.0 Å². The van der Waals surface area contributed by atoms with Crippen molar-refractivity contribution in [1.82, 2.24) is 9.88 Å². The lowest BCUT2D eigenvalue weighted by molar-refractivity contribution is -0.142. The molecular weight excluding hydrogens is 295 g/mol. The zero-order valence-corrected chi connectivity index (χ0v) is 12.9. The van der Waals surface area contributed by atoms with Gasteiger partial charge >= 0.3 is 5.97 Å². The van der Waals surface area contributed by atoms with Crippen molar-refractivity contribution in [2.24, 2.45) is 0 Å². The topological polar surface area (TPSA) is 53.4 Å². The Morgan fingerprint density at radius 2 is 2.09 bits per heavy atom. The van der Waals surface area contributed by atoms with Crippen LogP contribution in [-0.2, 0) is 4.79 Å². The lowest BCUT2D eigenvalue weighted by atomic mass is 9.97. The van der Waals surface area contributed by atoms with Gasteiger partial charge in [0.25, 0.3) is 0 Å². The average molecular weight is 314 g/mol. The Morgan fingerprint density at radius 3 is 2.74 bits per heavy atom. The van der Waals surface area contributed by atoms with Gasteiger partial charge in [-0.25, -0.2) is 4.39 Å². The number of benzene rings is 1. The summed E-state index contributed by atoms with van der Waals surface area (Å²) in [6, 6.07) is 9.26. The second-order valence-electron chi connectivity index (χ2n) is 5.89. The van der Waals surface area contributed by atoms with Gasteiger partial charge in [0.2, 0.25) is 0 Å². The minimum atomic E-state index is -0.816. The van der Waals surface area contributed by atoms with Gasteiger partial charge in [0.05, 0.1) is 11.7 Å². The van der Waals surface area contributed by atoms with Crippen molar-refractivity contribution in [3.63, 3.8) is 0 Å². The highest BCUT2D eigenvalue weighted by Crippen LogP contribution is 2.35. The van der Waals surface area contributed by atoms with Crippen LogP contribution >= 0.6 is 0 Å². The van der Waals surface area contributed by atoms with Crippen LogP contribution in [0.15, 0.2) is 42.6 Å². The first-order valence-electron chi connectivity index (χ1n) is 7.73. The van der Waals surface area contributed by atoms with Gasteiger partial charge in [0.15, 0.2) is 0 Å². The Balaban J connectivity index is 2.08. The molecule has 23 heavy (non-hydrogen) atoms. The van der Waals surface area contributed by atoms with Gasteiger partial charge in [0.1, 0.15) is 11.9 Å². The summed E-state index contributed by atoms with van der Waals surface area (Å²) in [5.41, 5.74) is 2.69. The second kappa shape index (κ2) is 6.46. The quantitative estimate of drug-likeness (QED) is 0.942. The van der Waals surface area contributed by atoms with E-state index in [0.717, 1.165) is 23.2 Å². The number of likely N-dealkylation sites (tertiary alicyclic amines) is 1. The molecule has 2 unspecified atom stereocenters. The first-order valence-corrected chi connectivity index (χ1v) is 7.73. The monoisotopic (exact) mass is 314 g/mol. The van der Waals surface area contributed by atoms with Crippen molar-refractivity contribution in [1.29, 1.82) is 0 Å². The minimum absolute atomic E-state index is 0.277. The number of pyridine rings is 1. The summed E-state index contributed by atoms with van der Waals surface area (Å²) < 4.78 is 13.3. The molecule has 0 saturated carbocycles. The third-order valence-corrected chi connectivity index (χ3v) is 4.41. The van der Waals surface area contributed by atoms with Crippen molar-refractivity contribution in [2.75, 3.05) is 6.54 Å². The maximum Gasteiger partial charge on any atom is 0.320 e. The third kappa shape index (κ3) is 3.10. The molecule has 1 fully saturated rings. The van der Waals surface area contributed by atoms with Crippen LogP contribution in [0.2, 0.25) is 0 Å². The highest BCUT2D eigenvalue weighted by atomic mass is 19.1. The normalized spacial score (nSPS) is 19.7. The summed E-state index contributed by atoms with van der Waals surface area (Å²) in [7, 11) is 0. The molecule has 1 N–H and O–H groups in total. The molecule has 1 aromatic carbocycles. The summed E-state index contributed by atoms with van der Waals surface area (Å²) in [6.07, 6.45) is 3.17. The summed E-state index contributed by atoms with van der Waals surface area (Å²) in [6.45, 7) is 2.65. The Bertz CT molecular complexity index is 702. The number of hydrogen-bond donors (Lipinski definition) is 1. The lowest BCUT2D eigenvalue weighted by Gasteiger charge is -2.32. The number of carboxylic acids is 1. The molecule has 0 aliphatic carbocycles. The number of aryl methyl sites for hydroxylation is 1. The zero-order valence-electron chi connectivity index (χ0n) is 12.9. The average Bonchev–Trinajstić information content (AvgIpc) is 3.01. The molecule has 0 bridgehead atoms. The van der Waals surface area contributed by atoms with Crippen LogP contribution in [0.25, 0.3) is 0 Å². The number of hydrogen-bond acceptors (Lipinski definition) is 3. The molecule has 120 valence electrons. The van der Waals surface area contributed by atoms with Crippen LogP contribution in [-0.4, -0.2) is 33.5 Å². The van der Waals surface area contributed by atoms with Crippen molar-refractivity contribution in [2.45, 2.75) is 31.8 Å². The van der Waals surface area contributed by atoms with Crippen LogP contribution in [0.4, 0.5) is 4.39 Å². The Kier molecular flexibility index (Phi) is 4.39. The number of carboxylic acid groups (broad SMARTS) is 1. The van der Waals surface area contributed by atoms with Crippen LogP contribution in [0, 0.1) is 12.7 Å². The van der Waals surface area contributed by atoms with Gasteiger partial charge in [-0.05, 0) is 49.1 Å². The fraction of sp³-hybridized carbons (Fsp3) is 0.333.